The van der Waals surface area contributed by atoms with E-state index in [0.717, 1.165) is 28.5 Å². The molecule has 182 valence electrons. The number of anilines is 1. The van der Waals surface area contributed by atoms with Gasteiger partial charge in [-0.25, -0.2) is 23.3 Å². The molecule has 35 heavy (non-hydrogen) atoms. The summed E-state index contributed by atoms with van der Waals surface area (Å²) in [6, 6.07) is 2.28. The van der Waals surface area contributed by atoms with E-state index in [1.165, 1.54) is 24.7 Å². The topological polar surface area (TPSA) is 103 Å². The summed E-state index contributed by atoms with van der Waals surface area (Å²) in [7, 11) is 0. The molecule has 4 heterocycles. The molecule has 5 rings (SSSR count). The van der Waals surface area contributed by atoms with Gasteiger partial charge in [0.25, 0.3) is 6.43 Å². The third-order valence-electron chi connectivity index (χ3n) is 5.94. The molecule has 4 aromatic heterocycles. The lowest BCUT2D eigenvalue weighted by atomic mass is 9.85. The van der Waals surface area contributed by atoms with E-state index >= 15 is 0 Å². The molecular weight excluding hydrogens is 499 g/mol. The van der Waals surface area contributed by atoms with Crippen LogP contribution in [0.2, 0.25) is 5.15 Å². The summed E-state index contributed by atoms with van der Waals surface area (Å²) in [5, 5.41) is 13.8. The lowest BCUT2D eigenvalue weighted by Crippen LogP contribution is -2.39. The van der Waals surface area contributed by atoms with Crippen LogP contribution < -0.4 is 5.32 Å². The molecular formula is C20H14ClF5N8O. The molecule has 15 heteroatoms. The lowest BCUT2D eigenvalue weighted by molar-refractivity contribution is -0.187. The molecule has 0 saturated heterocycles. The number of rotatable bonds is 4. The minimum Gasteiger partial charge on any atom is -0.324 e. The van der Waals surface area contributed by atoms with Crippen LogP contribution in [-0.2, 0) is 10.2 Å². The second-order valence-corrected chi connectivity index (χ2v) is 8.52. The maximum absolute atomic E-state index is 14.2. The van der Waals surface area contributed by atoms with Crippen LogP contribution in [0.1, 0.15) is 42.5 Å². The van der Waals surface area contributed by atoms with E-state index in [9.17, 15) is 26.7 Å². The van der Waals surface area contributed by atoms with Crippen molar-refractivity contribution in [1.82, 2.24) is 34.6 Å². The molecule has 9 nitrogen and oxygen atoms in total. The smallest absolute Gasteiger partial charge is 0.324 e. The van der Waals surface area contributed by atoms with Crippen molar-refractivity contribution in [3.8, 4) is 5.82 Å². The van der Waals surface area contributed by atoms with Crippen LogP contribution >= 0.6 is 11.6 Å². The molecule has 0 saturated carbocycles. The normalized spacial score (nSPS) is 19.9. The molecule has 0 bridgehead atoms. The summed E-state index contributed by atoms with van der Waals surface area (Å²) in [6.07, 6.45) is -3.52. The largest absolute Gasteiger partial charge is 0.399 e. The molecule has 0 spiro atoms. The third-order valence-corrected chi connectivity index (χ3v) is 6.13. The Kier molecular flexibility index (Phi) is 5.23. The molecule has 0 fully saturated rings. The Balaban J connectivity index is 1.53. The highest BCUT2D eigenvalue weighted by molar-refractivity contribution is 6.29. The molecule has 0 radical (unpaired) electrons. The zero-order chi connectivity index (χ0) is 25.1. The predicted octanol–water partition coefficient (Wildman–Crippen LogP) is 4.24. The van der Waals surface area contributed by atoms with Crippen molar-refractivity contribution in [3.05, 3.63) is 58.9 Å². The summed E-state index contributed by atoms with van der Waals surface area (Å²) in [5.74, 6) is -2.38. The van der Waals surface area contributed by atoms with Crippen LogP contribution in [-0.4, -0.2) is 46.7 Å². The SMILES string of the molecule is C[C@@]1(C(F)(F)F)C[C@@H](C(=O)Nc2cnc(-n3nccn3)c(C(F)F)c2)c2cnc3cc(Cl)nn3c21. The Morgan fingerprint density at radius 2 is 1.91 bits per heavy atom. The number of nitrogens with one attached hydrogen (secondary N) is 1. The van der Waals surface area contributed by atoms with Gasteiger partial charge in [-0.3, -0.25) is 4.79 Å². The third kappa shape index (κ3) is 3.68. The fourth-order valence-electron chi connectivity index (χ4n) is 4.25. The van der Waals surface area contributed by atoms with Gasteiger partial charge in [0.15, 0.2) is 16.6 Å². The number of alkyl halides is 5. The van der Waals surface area contributed by atoms with Crippen LogP contribution in [0.3, 0.4) is 0 Å². The van der Waals surface area contributed by atoms with E-state index in [4.69, 9.17) is 11.6 Å². The second kappa shape index (κ2) is 7.93. The van der Waals surface area contributed by atoms with Crippen LogP contribution in [0, 0.1) is 0 Å². The van der Waals surface area contributed by atoms with Gasteiger partial charge in [-0.05, 0) is 19.4 Å². The monoisotopic (exact) mass is 512 g/mol. The Bertz CT molecular complexity index is 1440. The highest BCUT2D eigenvalue weighted by Gasteiger charge is 2.60. The average molecular weight is 513 g/mol. The summed E-state index contributed by atoms with van der Waals surface area (Å²) in [6.45, 7) is 0.969. The minimum absolute atomic E-state index is 0.00833. The number of nitrogens with zero attached hydrogens (tertiary/aromatic N) is 7. The number of carbonyl (C=O) groups excluding carboxylic acids is 1. The number of fused-ring (bicyclic) bond motifs is 3. The molecule has 0 unspecified atom stereocenters. The van der Waals surface area contributed by atoms with Gasteiger partial charge in [0.1, 0.15) is 5.41 Å². The first kappa shape index (κ1) is 23.1. The number of amides is 1. The highest BCUT2D eigenvalue weighted by atomic mass is 35.5. The van der Waals surface area contributed by atoms with Gasteiger partial charge < -0.3 is 5.32 Å². The first-order valence-corrected chi connectivity index (χ1v) is 10.4. The van der Waals surface area contributed by atoms with Crippen LogP contribution in [0.25, 0.3) is 11.5 Å². The first-order chi connectivity index (χ1) is 16.5. The molecule has 0 aromatic carbocycles. The van der Waals surface area contributed by atoms with E-state index in [1.807, 2.05) is 0 Å². The maximum atomic E-state index is 14.2. The molecule has 0 aliphatic heterocycles. The van der Waals surface area contributed by atoms with Gasteiger partial charge in [-0.1, -0.05) is 11.6 Å². The van der Waals surface area contributed by atoms with Gasteiger partial charge >= 0.3 is 6.18 Å². The van der Waals surface area contributed by atoms with Crippen molar-refractivity contribution in [2.75, 3.05) is 5.32 Å². The number of pyridine rings is 1. The number of halogens is 6. The van der Waals surface area contributed by atoms with E-state index in [0.29, 0.717) is 0 Å². The van der Waals surface area contributed by atoms with E-state index in [-0.39, 0.29) is 33.6 Å². The van der Waals surface area contributed by atoms with Crippen molar-refractivity contribution >= 4 is 28.8 Å². The fourth-order valence-corrected chi connectivity index (χ4v) is 4.42. The van der Waals surface area contributed by atoms with Crippen molar-refractivity contribution in [2.45, 2.75) is 37.3 Å². The second-order valence-electron chi connectivity index (χ2n) is 8.13. The number of carbonyl (C=O) groups is 1. The highest BCUT2D eigenvalue weighted by Crippen LogP contribution is 2.54. The zero-order valence-electron chi connectivity index (χ0n) is 17.6. The van der Waals surface area contributed by atoms with Gasteiger partial charge in [-0.2, -0.15) is 28.5 Å². The Morgan fingerprint density at radius 1 is 1.20 bits per heavy atom. The van der Waals surface area contributed by atoms with E-state index in [2.05, 4.69) is 30.6 Å². The standard InChI is InChI=1S/C20H14ClF5N8O/c1-19(20(24,25)26)6-11(12-8-27-14-5-13(21)32-33(14)15(12)19)18(35)31-9-4-10(16(22)23)17(28-7-9)34-29-2-3-30-34/h2-5,7-8,11,16H,6H2,1H3,(H,31,35)/t11-,19-/m1/s1. The van der Waals surface area contributed by atoms with Crippen molar-refractivity contribution in [2.24, 2.45) is 0 Å². The van der Waals surface area contributed by atoms with Crippen LogP contribution in [0.4, 0.5) is 27.6 Å². The summed E-state index contributed by atoms with van der Waals surface area (Å²) in [5.41, 5.74) is -3.29. The minimum atomic E-state index is -4.73. The van der Waals surface area contributed by atoms with Gasteiger partial charge in [0, 0.05) is 17.8 Å². The number of aromatic nitrogens is 7. The molecule has 2 atom stereocenters. The molecule has 1 aliphatic carbocycles. The van der Waals surface area contributed by atoms with Crippen molar-refractivity contribution < 1.29 is 26.7 Å². The van der Waals surface area contributed by atoms with Crippen molar-refractivity contribution in [3.63, 3.8) is 0 Å². The first-order valence-electron chi connectivity index (χ1n) is 10.1. The lowest BCUT2D eigenvalue weighted by Gasteiger charge is -2.28. The average Bonchev–Trinajstić information content (AvgIpc) is 3.50. The van der Waals surface area contributed by atoms with Gasteiger partial charge in [0.05, 0.1) is 41.5 Å². The number of hydrogen-bond donors (Lipinski definition) is 1. The van der Waals surface area contributed by atoms with E-state index < -0.39 is 41.8 Å². The van der Waals surface area contributed by atoms with Crippen LogP contribution in [0.5, 0.6) is 0 Å². The Hall–Kier alpha value is -3.68. The fraction of sp³-hybridized carbons (Fsp3) is 0.300. The quantitative estimate of drug-likeness (QED) is 0.410. The van der Waals surface area contributed by atoms with E-state index in [1.54, 1.807) is 0 Å². The Labute approximate surface area is 197 Å². The molecule has 4 aromatic rings. The Morgan fingerprint density at radius 3 is 2.57 bits per heavy atom. The molecule has 1 amide bonds. The number of hydrogen-bond acceptors (Lipinski definition) is 6. The van der Waals surface area contributed by atoms with Gasteiger partial charge in [0.2, 0.25) is 5.91 Å². The maximum Gasteiger partial charge on any atom is 0.399 e. The molecule has 1 aliphatic rings. The predicted molar refractivity (Wildman–Crippen MR) is 112 cm³/mol. The summed E-state index contributed by atoms with van der Waals surface area (Å²) in [4.78, 5) is 22.0. The summed E-state index contributed by atoms with van der Waals surface area (Å²) < 4.78 is 70.9. The summed E-state index contributed by atoms with van der Waals surface area (Å²) >= 11 is 5.88. The molecule has 1 N–H and O–H groups in total. The van der Waals surface area contributed by atoms with Gasteiger partial charge in [-0.15, -0.1) is 4.80 Å². The zero-order valence-corrected chi connectivity index (χ0v) is 18.4. The van der Waals surface area contributed by atoms with Crippen molar-refractivity contribution in [1.29, 1.82) is 0 Å². The van der Waals surface area contributed by atoms with Crippen LogP contribution in [0.15, 0.2) is 36.9 Å².